The van der Waals surface area contributed by atoms with Gasteiger partial charge in [-0.25, -0.2) is 0 Å². The molecular formula is C29H19NO5S. The molecule has 0 fully saturated rings. The molecule has 1 unspecified atom stereocenters. The number of ether oxygens (including phenoxy) is 1. The average Bonchev–Trinajstić information content (AvgIpc) is 3.64. The first kappa shape index (κ1) is 21.9. The number of aliphatic hydroxyl groups excluding tert-OH is 1. The highest BCUT2D eigenvalue weighted by molar-refractivity contribution is 7.10. The van der Waals surface area contributed by atoms with Gasteiger partial charge in [0, 0.05) is 16.0 Å². The lowest BCUT2D eigenvalue weighted by Gasteiger charge is -2.25. The van der Waals surface area contributed by atoms with Crippen LogP contribution in [0.15, 0.2) is 118 Å². The summed E-state index contributed by atoms with van der Waals surface area (Å²) >= 11 is 1.40. The van der Waals surface area contributed by atoms with Crippen molar-refractivity contribution in [3.05, 3.63) is 124 Å². The molecule has 3 aromatic carbocycles. The van der Waals surface area contributed by atoms with E-state index in [9.17, 15) is 14.7 Å². The Hall–Kier alpha value is -4.62. The largest absolute Gasteiger partial charge is 0.503 e. The van der Waals surface area contributed by atoms with Gasteiger partial charge >= 0.3 is 0 Å². The molecule has 0 saturated carbocycles. The van der Waals surface area contributed by atoms with Crippen LogP contribution < -0.4 is 9.64 Å². The Morgan fingerprint density at radius 1 is 0.889 bits per heavy atom. The Bertz CT molecular complexity index is 1570. The summed E-state index contributed by atoms with van der Waals surface area (Å²) in [5.41, 5.74) is 1.08. The van der Waals surface area contributed by atoms with E-state index in [-0.39, 0.29) is 11.3 Å². The van der Waals surface area contributed by atoms with Crippen molar-refractivity contribution in [2.45, 2.75) is 6.04 Å². The summed E-state index contributed by atoms with van der Waals surface area (Å²) in [5, 5.41) is 13.6. The number of benzene rings is 3. The van der Waals surface area contributed by atoms with Crippen LogP contribution in [0.4, 0.5) is 5.69 Å². The number of para-hydroxylation sites is 2. The maximum atomic E-state index is 13.6. The van der Waals surface area contributed by atoms with Crippen molar-refractivity contribution in [2.75, 3.05) is 4.90 Å². The summed E-state index contributed by atoms with van der Waals surface area (Å²) in [7, 11) is 0. The fraction of sp³-hybridized carbons (Fsp3) is 0.0345. The van der Waals surface area contributed by atoms with Crippen molar-refractivity contribution < 1.29 is 23.8 Å². The van der Waals surface area contributed by atoms with E-state index >= 15 is 0 Å². The number of fused-ring (bicyclic) bond motifs is 1. The first-order valence-corrected chi connectivity index (χ1v) is 12.1. The number of aliphatic hydroxyl groups is 1. The van der Waals surface area contributed by atoms with Gasteiger partial charge in [-0.3, -0.25) is 14.5 Å². The third kappa shape index (κ3) is 3.76. The summed E-state index contributed by atoms with van der Waals surface area (Å²) in [4.78, 5) is 29.1. The van der Waals surface area contributed by atoms with Crippen LogP contribution in [0, 0.1) is 0 Å². The van der Waals surface area contributed by atoms with Crippen molar-refractivity contribution >= 4 is 39.7 Å². The molecule has 1 aliphatic rings. The van der Waals surface area contributed by atoms with E-state index < -0.39 is 23.5 Å². The number of nitrogens with zero attached hydrogens (tertiary/aromatic N) is 1. The number of ketones is 1. The van der Waals surface area contributed by atoms with Crippen molar-refractivity contribution in [3.8, 4) is 11.5 Å². The van der Waals surface area contributed by atoms with E-state index in [1.807, 2.05) is 66.0 Å². The number of thiophene rings is 1. The molecule has 5 aromatic rings. The number of hydrogen-bond donors (Lipinski definition) is 1. The van der Waals surface area contributed by atoms with Crippen molar-refractivity contribution in [2.24, 2.45) is 0 Å². The van der Waals surface area contributed by atoms with Crippen LogP contribution in [0.25, 0.3) is 11.0 Å². The molecule has 0 spiro atoms. The molecule has 7 heteroatoms. The van der Waals surface area contributed by atoms with Crippen LogP contribution in [0.3, 0.4) is 0 Å². The lowest BCUT2D eigenvalue weighted by molar-refractivity contribution is -0.117. The highest BCUT2D eigenvalue weighted by atomic mass is 32.1. The minimum atomic E-state index is -0.792. The maximum absolute atomic E-state index is 13.6. The number of carbonyl (C=O) groups is 2. The van der Waals surface area contributed by atoms with E-state index in [2.05, 4.69) is 0 Å². The second-order valence-electron chi connectivity index (χ2n) is 8.24. The molecule has 1 amide bonds. The number of hydrogen-bond acceptors (Lipinski definition) is 6. The first-order chi connectivity index (χ1) is 17.6. The lowest BCUT2D eigenvalue weighted by Crippen LogP contribution is -2.30. The third-order valence-corrected chi connectivity index (χ3v) is 6.93. The zero-order chi connectivity index (χ0) is 24.6. The SMILES string of the molecule is O=C(C1=C(O)C(=O)N(c2ccc(Oc3ccccc3)cc2)C1c1cccs1)c1cc2ccccc2o1. The standard InChI is InChI=1S/C29H19NO5S/c31-27(23-17-18-7-4-5-10-22(18)35-23)25-26(24-11-6-16-36-24)30(29(33)28(25)32)19-12-14-21(15-13-19)34-20-8-2-1-3-9-20/h1-17,26,32H. The van der Waals surface area contributed by atoms with E-state index in [4.69, 9.17) is 9.15 Å². The Kier molecular flexibility index (Phi) is 5.39. The molecule has 3 heterocycles. The molecular weight excluding hydrogens is 474 g/mol. The van der Waals surface area contributed by atoms with Crippen LogP contribution in [0.2, 0.25) is 0 Å². The Morgan fingerprint density at radius 3 is 2.33 bits per heavy atom. The summed E-state index contributed by atoms with van der Waals surface area (Å²) < 4.78 is 11.6. The number of anilines is 1. The molecule has 1 aliphatic heterocycles. The minimum absolute atomic E-state index is 0.00822. The monoisotopic (exact) mass is 493 g/mol. The number of amides is 1. The smallest absolute Gasteiger partial charge is 0.294 e. The Balaban J connectivity index is 1.37. The van der Waals surface area contributed by atoms with Gasteiger partial charge in [-0.1, -0.05) is 42.5 Å². The van der Waals surface area contributed by atoms with Gasteiger partial charge in [0.15, 0.2) is 11.5 Å². The molecule has 1 atom stereocenters. The van der Waals surface area contributed by atoms with Crippen LogP contribution >= 0.6 is 11.3 Å². The maximum Gasteiger partial charge on any atom is 0.294 e. The summed E-state index contributed by atoms with van der Waals surface area (Å²) in [6.45, 7) is 0. The lowest BCUT2D eigenvalue weighted by atomic mass is 10.00. The molecule has 0 bridgehead atoms. The number of carbonyl (C=O) groups excluding carboxylic acids is 2. The first-order valence-electron chi connectivity index (χ1n) is 11.3. The van der Waals surface area contributed by atoms with Gasteiger partial charge < -0.3 is 14.3 Å². The molecule has 6 nitrogen and oxygen atoms in total. The summed E-state index contributed by atoms with van der Waals surface area (Å²) in [6, 6.07) is 28.1. The summed E-state index contributed by atoms with van der Waals surface area (Å²) in [6.07, 6.45) is 0. The molecule has 176 valence electrons. The van der Waals surface area contributed by atoms with Crippen LogP contribution in [-0.4, -0.2) is 16.8 Å². The predicted molar refractivity (Wildman–Crippen MR) is 138 cm³/mol. The molecule has 0 saturated heterocycles. The van der Waals surface area contributed by atoms with Crippen LogP contribution in [0.1, 0.15) is 21.5 Å². The van der Waals surface area contributed by atoms with Gasteiger partial charge in [0.2, 0.25) is 5.78 Å². The zero-order valence-electron chi connectivity index (χ0n) is 18.8. The highest BCUT2D eigenvalue weighted by Crippen LogP contribution is 2.44. The van der Waals surface area contributed by atoms with E-state index in [1.165, 1.54) is 16.2 Å². The fourth-order valence-electron chi connectivity index (χ4n) is 4.35. The quantitative estimate of drug-likeness (QED) is 0.256. The minimum Gasteiger partial charge on any atom is -0.503 e. The average molecular weight is 494 g/mol. The van der Waals surface area contributed by atoms with Gasteiger partial charge in [0.25, 0.3) is 5.91 Å². The molecule has 1 N–H and O–H groups in total. The van der Waals surface area contributed by atoms with Crippen LogP contribution in [-0.2, 0) is 4.79 Å². The van der Waals surface area contributed by atoms with Crippen molar-refractivity contribution in [1.29, 1.82) is 0 Å². The van der Waals surface area contributed by atoms with E-state index in [0.717, 1.165) is 10.3 Å². The molecule has 2 aromatic heterocycles. The normalized spacial score (nSPS) is 15.6. The highest BCUT2D eigenvalue weighted by Gasteiger charge is 2.45. The predicted octanol–water partition coefficient (Wildman–Crippen LogP) is 7.07. The van der Waals surface area contributed by atoms with Gasteiger partial charge in [0.05, 0.1) is 5.57 Å². The van der Waals surface area contributed by atoms with Gasteiger partial charge in [-0.05, 0) is 60.0 Å². The number of furan rings is 1. The van der Waals surface area contributed by atoms with E-state index in [1.54, 1.807) is 36.4 Å². The number of Topliss-reactive ketones (excluding diaryl/α,β-unsaturated/α-hetero) is 1. The molecule has 0 radical (unpaired) electrons. The molecule has 6 rings (SSSR count). The number of rotatable bonds is 6. The van der Waals surface area contributed by atoms with E-state index in [0.29, 0.717) is 22.8 Å². The Labute approximate surface area is 210 Å². The zero-order valence-corrected chi connectivity index (χ0v) is 19.6. The van der Waals surface area contributed by atoms with Gasteiger partial charge in [-0.2, -0.15) is 0 Å². The second-order valence-corrected chi connectivity index (χ2v) is 9.22. The fourth-order valence-corrected chi connectivity index (χ4v) is 5.17. The molecule has 0 aliphatic carbocycles. The summed E-state index contributed by atoms with van der Waals surface area (Å²) in [5.74, 6) is -0.396. The van der Waals surface area contributed by atoms with Gasteiger partial charge in [-0.15, -0.1) is 11.3 Å². The van der Waals surface area contributed by atoms with Crippen molar-refractivity contribution in [1.82, 2.24) is 0 Å². The van der Waals surface area contributed by atoms with Crippen molar-refractivity contribution in [3.63, 3.8) is 0 Å². The second kappa shape index (κ2) is 8.87. The third-order valence-electron chi connectivity index (χ3n) is 6.01. The Morgan fingerprint density at radius 2 is 1.61 bits per heavy atom. The van der Waals surface area contributed by atoms with Gasteiger partial charge in [0.1, 0.15) is 23.1 Å². The molecule has 36 heavy (non-hydrogen) atoms. The topological polar surface area (TPSA) is 80.0 Å². The van der Waals surface area contributed by atoms with Crippen LogP contribution in [0.5, 0.6) is 11.5 Å².